The zero-order valence-electron chi connectivity index (χ0n) is 15.9. The SMILES string of the molecule is COc1cccc(OC)c1CNC(=O)C[C@@H](NS(C)(=O)=O)c1ccc(F)cc1. The molecule has 2 N–H and O–H groups in total. The Hall–Kier alpha value is -2.65. The summed E-state index contributed by atoms with van der Waals surface area (Å²) in [5, 5.41) is 2.74. The van der Waals surface area contributed by atoms with Gasteiger partial charge < -0.3 is 14.8 Å². The zero-order valence-corrected chi connectivity index (χ0v) is 16.7. The summed E-state index contributed by atoms with van der Waals surface area (Å²) in [5.74, 6) is 0.279. The summed E-state index contributed by atoms with van der Waals surface area (Å²) in [6.45, 7) is 0.140. The van der Waals surface area contributed by atoms with Crippen molar-refractivity contribution < 1.29 is 27.1 Å². The Bertz CT molecular complexity index is 894. The molecule has 1 atom stereocenters. The summed E-state index contributed by atoms with van der Waals surface area (Å²) >= 11 is 0. The summed E-state index contributed by atoms with van der Waals surface area (Å²) in [5.41, 5.74) is 1.15. The first-order valence-electron chi connectivity index (χ1n) is 8.43. The Morgan fingerprint density at radius 2 is 1.64 bits per heavy atom. The lowest BCUT2D eigenvalue weighted by molar-refractivity contribution is -0.121. The number of hydrogen-bond donors (Lipinski definition) is 2. The molecule has 1 amide bonds. The van der Waals surface area contributed by atoms with Gasteiger partial charge in [-0.05, 0) is 29.8 Å². The Balaban J connectivity index is 2.13. The van der Waals surface area contributed by atoms with Gasteiger partial charge in [-0.25, -0.2) is 17.5 Å². The average molecular weight is 410 g/mol. The first-order chi connectivity index (χ1) is 13.2. The average Bonchev–Trinajstić information content (AvgIpc) is 2.65. The largest absolute Gasteiger partial charge is 0.496 e. The van der Waals surface area contributed by atoms with Gasteiger partial charge in [0.05, 0.1) is 38.6 Å². The molecule has 7 nitrogen and oxygen atoms in total. The highest BCUT2D eigenvalue weighted by Crippen LogP contribution is 2.28. The van der Waals surface area contributed by atoms with E-state index in [-0.39, 0.29) is 13.0 Å². The van der Waals surface area contributed by atoms with Crippen LogP contribution < -0.4 is 19.5 Å². The van der Waals surface area contributed by atoms with Crippen molar-refractivity contribution in [3.05, 3.63) is 59.4 Å². The van der Waals surface area contributed by atoms with Crippen molar-refractivity contribution in [3.63, 3.8) is 0 Å². The second kappa shape index (κ2) is 9.52. The van der Waals surface area contributed by atoms with Crippen LogP contribution in [0, 0.1) is 5.82 Å². The number of carbonyl (C=O) groups is 1. The normalized spacial score (nSPS) is 12.3. The summed E-state index contributed by atoms with van der Waals surface area (Å²) < 4.78 is 49.5. The molecule has 2 aromatic carbocycles. The standard InChI is InChI=1S/C19H23FN2O5S/c1-26-17-5-4-6-18(27-2)15(17)12-21-19(23)11-16(22-28(3,24)25)13-7-9-14(20)10-8-13/h4-10,16,22H,11-12H2,1-3H3,(H,21,23)/t16-/m1/s1. The summed E-state index contributed by atoms with van der Waals surface area (Å²) in [6, 6.07) is 9.74. The highest BCUT2D eigenvalue weighted by atomic mass is 32.2. The summed E-state index contributed by atoms with van der Waals surface area (Å²) in [4.78, 5) is 12.5. The third kappa shape index (κ3) is 6.21. The number of rotatable bonds is 9. The number of sulfonamides is 1. The second-order valence-corrected chi connectivity index (χ2v) is 7.90. The molecular weight excluding hydrogens is 387 g/mol. The van der Waals surface area contributed by atoms with E-state index < -0.39 is 27.8 Å². The van der Waals surface area contributed by atoms with Crippen molar-refractivity contribution >= 4 is 15.9 Å². The van der Waals surface area contributed by atoms with Crippen LogP contribution in [0.3, 0.4) is 0 Å². The van der Waals surface area contributed by atoms with Gasteiger partial charge in [-0.3, -0.25) is 4.79 Å². The Morgan fingerprint density at radius 1 is 1.07 bits per heavy atom. The fourth-order valence-corrected chi connectivity index (χ4v) is 3.46. The van der Waals surface area contributed by atoms with Crippen LogP contribution >= 0.6 is 0 Å². The number of benzene rings is 2. The van der Waals surface area contributed by atoms with Crippen LogP contribution in [0.25, 0.3) is 0 Å². The smallest absolute Gasteiger partial charge is 0.222 e. The van der Waals surface area contributed by atoms with E-state index in [1.54, 1.807) is 18.2 Å². The molecule has 0 bridgehead atoms. The van der Waals surface area contributed by atoms with E-state index in [0.717, 1.165) is 6.26 Å². The van der Waals surface area contributed by atoms with Crippen LogP contribution in [0.2, 0.25) is 0 Å². The number of carbonyl (C=O) groups excluding carboxylic acids is 1. The number of amides is 1. The number of methoxy groups -OCH3 is 2. The van der Waals surface area contributed by atoms with Gasteiger partial charge in [-0.1, -0.05) is 18.2 Å². The van der Waals surface area contributed by atoms with Gasteiger partial charge in [0.25, 0.3) is 0 Å². The van der Waals surface area contributed by atoms with E-state index in [9.17, 15) is 17.6 Å². The predicted octanol–water partition coefficient (Wildman–Crippen LogP) is 2.14. The molecule has 0 spiro atoms. The molecule has 0 aliphatic heterocycles. The Kier molecular flexibility index (Phi) is 7.36. The molecule has 0 saturated carbocycles. The molecule has 0 aliphatic rings. The highest BCUT2D eigenvalue weighted by molar-refractivity contribution is 7.88. The molecule has 28 heavy (non-hydrogen) atoms. The Morgan fingerprint density at radius 3 is 2.14 bits per heavy atom. The summed E-state index contributed by atoms with van der Waals surface area (Å²) in [7, 11) is -0.550. The van der Waals surface area contributed by atoms with E-state index in [4.69, 9.17) is 9.47 Å². The van der Waals surface area contributed by atoms with Crippen molar-refractivity contribution in [1.82, 2.24) is 10.0 Å². The third-order valence-corrected chi connectivity index (χ3v) is 4.72. The Labute approximate surface area is 163 Å². The predicted molar refractivity (Wildman–Crippen MR) is 103 cm³/mol. The van der Waals surface area contributed by atoms with Gasteiger partial charge in [0.2, 0.25) is 15.9 Å². The molecule has 0 saturated heterocycles. The molecule has 2 rings (SSSR count). The van der Waals surface area contributed by atoms with E-state index in [1.165, 1.54) is 38.5 Å². The van der Waals surface area contributed by atoms with Crippen LogP contribution in [-0.2, 0) is 21.4 Å². The van der Waals surface area contributed by atoms with Crippen molar-refractivity contribution in [2.75, 3.05) is 20.5 Å². The molecule has 0 aromatic heterocycles. The topological polar surface area (TPSA) is 93.7 Å². The number of ether oxygens (including phenoxy) is 2. The molecule has 0 radical (unpaired) electrons. The van der Waals surface area contributed by atoms with Gasteiger partial charge in [-0.15, -0.1) is 0 Å². The van der Waals surface area contributed by atoms with Gasteiger partial charge in [0.15, 0.2) is 0 Å². The minimum Gasteiger partial charge on any atom is -0.496 e. The number of nitrogens with one attached hydrogen (secondary N) is 2. The first kappa shape index (κ1) is 21.6. The zero-order chi connectivity index (χ0) is 20.7. The monoisotopic (exact) mass is 410 g/mol. The fourth-order valence-electron chi connectivity index (χ4n) is 2.73. The van der Waals surface area contributed by atoms with Crippen LogP contribution in [0.5, 0.6) is 11.5 Å². The van der Waals surface area contributed by atoms with Crippen molar-refractivity contribution in [2.45, 2.75) is 19.0 Å². The van der Waals surface area contributed by atoms with E-state index in [1.807, 2.05) is 0 Å². The van der Waals surface area contributed by atoms with E-state index in [0.29, 0.717) is 22.6 Å². The first-order valence-corrected chi connectivity index (χ1v) is 10.3. The van der Waals surface area contributed by atoms with Crippen LogP contribution in [-0.4, -0.2) is 34.8 Å². The van der Waals surface area contributed by atoms with Crippen LogP contribution in [0.15, 0.2) is 42.5 Å². The molecule has 9 heteroatoms. The maximum Gasteiger partial charge on any atom is 0.222 e. The van der Waals surface area contributed by atoms with E-state index >= 15 is 0 Å². The van der Waals surface area contributed by atoms with Crippen molar-refractivity contribution in [3.8, 4) is 11.5 Å². The fraction of sp³-hybridized carbons (Fsp3) is 0.316. The van der Waals surface area contributed by atoms with Gasteiger partial charge in [0.1, 0.15) is 17.3 Å². The minimum atomic E-state index is -3.58. The molecule has 152 valence electrons. The van der Waals surface area contributed by atoms with Crippen LogP contribution in [0.4, 0.5) is 4.39 Å². The third-order valence-electron chi connectivity index (χ3n) is 4.01. The lowest BCUT2D eigenvalue weighted by Crippen LogP contribution is -2.33. The molecule has 0 fully saturated rings. The molecule has 0 aliphatic carbocycles. The second-order valence-electron chi connectivity index (χ2n) is 6.12. The van der Waals surface area contributed by atoms with Crippen molar-refractivity contribution in [2.24, 2.45) is 0 Å². The maximum absolute atomic E-state index is 13.2. The molecule has 2 aromatic rings. The van der Waals surface area contributed by atoms with E-state index in [2.05, 4.69) is 10.0 Å². The minimum absolute atomic E-state index is 0.140. The summed E-state index contributed by atoms with van der Waals surface area (Å²) in [6.07, 6.45) is 0.845. The molecular formula is C19H23FN2O5S. The quantitative estimate of drug-likeness (QED) is 0.661. The van der Waals surface area contributed by atoms with Crippen molar-refractivity contribution in [1.29, 1.82) is 0 Å². The lowest BCUT2D eigenvalue weighted by Gasteiger charge is -2.18. The lowest BCUT2D eigenvalue weighted by atomic mass is 10.0. The number of hydrogen-bond acceptors (Lipinski definition) is 5. The maximum atomic E-state index is 13.2. The molecule has 0 unspecified atom stereocenters. The highest BCUT2D eigenvalue weighted by Gasteiger charge is 2.20. The molecule has 0 heterocycles. The number of halogens is 1. The van der Waals surface area contributed by atoms with Gasteiger partial charge >= 0.3 is 0 Å². The van der Waals surface area contributed by atoms with Gasteiger partial charge in [-0.2, -0.15) is 0 Å². The van der Waals surface area contributed by atoms with Gasteiger partial charge in [0, 0.05) is 6.42 Å². The van der Waals surface area contributed by atoms with Crippen LogP contribution in [0.1, 0.15) is 23.6 Å².